The van der Waals surface area contributed by atoms with Crippen molar-refractivity contribution >= 4 is 12.0 Å². The Bertz CT molecular complexity index is 487. The number of nitrogens with zero attached hydrogens (tertiary/aromatic N) is 3. The number of urea groups is 1. The molecular formula is C12H16N4O4. The second-order valence-electron chi connectivity index (χ2n) is 4.86. The number of carboxylic acid groups (broad SMARTS) is 1. The Morgan fingerprint density at radius 1 is 1.55 bits per heavy atom. The molecule has 0 spiro atoms. The summed E-state index contributed by atoms with van der Waals surface area (Å²) in [5, 5.41) is 18.8. The largest absolute Gasteiger partial charge is 0.480 e. The highest BCUT2D eigenvalue weighted by Gasteiger charge is 2.42. The van der Waals surface area contributed by atoms with E-state index in [0.29, 0.717) is 25.3 Å². The zero-order valence-electron chi connectivity index (χ0n) is 11.1. The molecule has 1 fully saturated rings. The first kappa shape index (κ1) is 14.2. The molecule has 0 atom stereocenters. The first-order valence-electron chi connectivity index (χ1n) is 6.14. The van der Waals surface area contributed by atoms with Gasteiger partial charge in [-0.05, 0) is 19.1 Å². The van der Waals surface area contributed by atoms with Gasteiger partial charge in [0.1, 0.15) is 12.2 Å². The number of amides is 2. The Morgan fingerprint density at radius 2 is 2.30 bits per heavy atom. The number of rotatable bonds is 5. The highest BCUT2D eigenvalue weighted by molar-refractivity contribution is 5.75. The fourth-order valence-electron chi connectivity index (χ4n) is 1.94. The molecule has 8 heteroatoms. The van der Waals surface area contributed by atoms with E-state index in [0.717, 1.165) is 0 Å². The number of nitrogens with one attached hydrogen (secondary N) is 1. The Labute approximate surface area is 115 Å². The van der Waals surface area contributed by atoms with Gasteiger partial charge in [0.2, 0.25) is 0 Å². The summed E-state index contributed by atoms with van der Waals surface area (Å²) in [4.78, 5) is 23.8. The fraction of sp³-hybridized carbons (Fsp3) is 0.500. The molecule has 1 aromatic rings. The summed E-state index contributed by atoms with van der Waals surface area (Å²) in [6, 6.07) is 3.28. The summed E-state index contributed by atoms with van der Waals surface area (Å²) in [5.74, 6) is -1.02. The van der Waals surface area contributed by atoms with Crippen molar-refractivity contribution in [2.75, 3.05) is 19.7 Å². The van der Waals surface area contributed by atoms with Crippen LogP contribution in [0.3, 0.4) is 0 Å². The molecule has 1 saturated heterocycles. The van der Waals surface area contributed by atoms with E-state index >= 15 is 0 Å². The maximum Gasteiger partial charge on any atom is 0.329 e. The van der Waals surface area contributed by atoms with Crippen molar-refractivity contribution in [3.05, 3.63) is 24.0 Å². The average Bonchev–Trinajstić information content (AvgIpc) is 2.40. The molecule has 1 aliphatic rings. The van der Waals surface area contributed by atoms with Gasteiger partial charge >= 0.3 is 12.0 Å². The lowest BCUT2D eigenvalue weighted by Gasteiger charge is -2.46. The molecular weight excluding hydrogens is 264 g/mol. The third-order valence-corrected chi connectivity index (χ3v) is 2.93. The fourth-order valence-corrected chi connectivity index (χ4v) is 1.94. The van der Waals surface area contributed by atoms with Crippen molar-refractivity contribution in [3.8, 4) is 0 Å². The first-order valence-corrected chi connectivity index (χ1v) is 6.14. The van der Waals surface area contributed by atoms with Crippen molar-refractivity contribution in [1.29, 1.82) is 0 Å². The van der Waals surface area contributed by atoms with E-state index in [1.165, 1.54) is 0 Å². The average molecular weight is 280 g/mol. The van der Waals surface area contributed by atoms with Gasteiger partial charge in [-0.15, -0.1) is 0 Å². The minimum absolute atomic E-state index is 0.230. The topological polar surface area (TPSA) is 105 Å². The normalized spacial score (nSPS) is 16.4. The van der Waals surface area contributed by atoms with Crippen LogP contribution in [0.4, 0.5) is 4.79 Å². The summed E-state index contributed by atoms with van der Waals surface area (Å²) in [6.45, 7) is 2.46. The van der Waals surface area contributed by atoms with E-state index in [1.807, 2.05) is 0 Å². The van der Waals surface area contributed by atoms with Crippen LogP contribution in [0.25, 0.3) is 0 Å². The van der Waals surface area contributed by atoms with Crippen LogP contribution < -0.4 is 5.32 Å². The van der Waals surface area contributed by atoms with Crippen molar-refractivity contribution in [2.24, 2.45) is 0 Å². The SMILES string of the molecule is CC1(OCC(=O)O)CN(C(=O)NCc2cccnn2)C1. The molecule has 8 nitrogen and oxygen atoms in total. The number of ether oxygens (including phenoxy) is 1. The van der Waals surface area contributed by atoms with Crippen molar-refractivity contribution in [3.63, 3.8) is 0 Å². The molecule has 0 aromatic carbocycles. The number of carbonyl (C=O) groups is 2. The van der Waals surface area contributed by atoms with Crippen molar-refractivity contribution in [2.45, 2.75) is 19.1 Å². The van der Waals surface area contributed by atoms with Crippen LogP contribution in [0, 0.1) is 0 Å². The van der Waals surface area contributed by atoms with Gasteiger partial charge in [-0.1, -0.05) is 0 Å². The van der Waals surface area contributed by atoms with Gasteiger partial charge in [0, 0.05) is 6.20 Å². The highest BCUT2D eigenvalue weighted by Crippen LogP contribution is 2.24. The number of aliphatic carboxylic acids is 1. The van der Waals surface area contributed by atoms with Crippen LogP contribution in [0.1, 0.15) is 12.6 Å². The standard InChI is InChI=1S/C12H16N4O4/c1-12(20-6-10(17)18)7-16(8-12)11(19)13-5-9-3-2-4-14-15-9/h2-4H,5-8H2,1H3,(H,13,19)(H,17,18). The minimum atomic E-state index is -1.02. The molecule has 1 aliphatic heterocycles. The van der Waals surface area contributed by atoms with Crippen LogP contribution in [0.15, 0.2) is 18.3 Å². The van der Waals surface area contributed by atoms with Crippen molar-refractivity contribution < 1.29 is 19.4 Å². The van der Waals surface area contributed by atoms with Gasteiger partial charge in [0.25, 0.3) is 0 Å². The number of hydrogen-bond donors (Lipinski definition) is 2. The molecule has 2 rings (SSSR count). The predicted molar refractivity (Wildman–Crippen MR) is 67.8 cm³/mol. The zero-order chi connectivity index (χ0) is 14.6. The summed E-state index contributed by atoms with van der Waals surface area (Å²) in [6.07, 6.45) is 1.56. The number of carbonyl (C=O) groups excluding carboxylic acids is 1. The smallest absolute Gasteiger partial charge is 0.329 e. The molecule has 1 aromatic heterocycles. The number of likely N-dealkylation sites (tertiary alicyclic amines) is 1. The van der Waals surface area contributed by atoms with Gasteiger partial charge < -0.3 is 20.1 Å². The summed E-state index contributed by atoms with van der Waals surface area (Å²) in [7, 11) is 0. The Morgan fingerprint density at radius 3 is 2.90 bits per heavy atom. The summed E-state index contributed by atoms with van der Waals surface area (Å²) in [5.41, 5.74) is 0.0914. The molecule has 0 bridgehead atoms. The van der Waals surface area contributed by atoms with E-state index in [2.05, 4.69) is 15.5 Å². The lowest BCUT2D eigenvalue weighted by molar-refractivity contribution is -0.159. The zero-order valence-corrected chi connectivity index (χ0v) is 11.1. The summed E-state index contributed by atoms with van der Waals surface area (Å²) < 4.78 is 5.23. The first-order chi connectivity index (χ1) is 9.48. The van der Waals surface area contributed by atoms with Crippen LogP contribution in [-0.4, -0.2) is 57.5 Å². The molecule has 108 valence electrons. The lowest BCUT2D eigenvalue weighted by Crippen LogP contribution is -2.65. The van der Waals surface area contributed by atoms with Crippen molar-refractivity contribution in [1.82, 2.24) is 20.4 Å². The monoisotopic (exact) mass is 280 g/mol. The van der Waals surface area contributed by atoms with Gasteiger partial charge in [0.15, 0.2) is 0 Å². The molecule has 2 heterocycles. The van der Waals surface area contributed by atoms with Crippen LogP contribution >= 0.6 is 0 Å². The van der Waals surface area contributed by atoms with Gasteiger partial charge in [-0.3, -0.25) is 0 Å². The summed E-state index contributed by atoms with van der Waals surface area (Å²) >= 11 is 0. The Kier molecular flexibility index (Phi) is 4.14. The third-order valence-electron chi connectivity index (χ3n) is 2.93. The van der Waals surface area contributed by atoms with E-state index in [1.54, 1.807) is 30.2 Å². The lowest BCUT2D eigenvalue weighted by atomic mass is 9.97. The molecule has 20 heavy (non-hydrogen) atoms. The van der Waals surface area contributed by atoms with Gasteiger partial charge in [-0.2, -0.15) is 10.2 Å². The highest BCUT2D eigenvalue weighted by atomic mass is 16.5. The molecule has 2 N–H and O–H groups in total. The molecule has 0 aliphatic carbocycles. The second kappa shape index (κ2) is 5.83. The second-order valence-corrected chi connectivity index (χ2v) is 4.86. The van der Waals surface area contributed by atoms with E-state index < -0.39 is 11.6 Å². The van der Waals surface area contributed by atoms with Gasteiger partial charge in [0.05, 0.1) is 25.3 Å². The molecule has 0 unspecified atom stereocenters. The van der Waals surface area contributed by atoms with E-state index in [4.69, 9.17) is 9.84 Å². The molecule has 0 radical (unpaired) electrons. The van der Waals surface area contributed by atoms with Crippen LogP contribution in [0.2, 0.25) is 0 Å². The maximum absolute atomic E-state index is 11.8. The molecule has 0 saturated carbocycles. The third kappa shape index (κ3) is 3.64. The predicted octanol–water partition coefficient (Wildman–Crippen LogP) is -0.138. The van der Waals surface area contributed by atoms with Gasteiger partial charge in [-0.25, -0.2) is 9.59 Å². The Hall–Kier alpha value is -2.22. The van der Waals surface area contributed by atoms with E-state index in [-0.39, 0.29) is 12.6 Å². The Balaban J connectivity index is 1.72. The maximum atomic E-state index is 11.8. The number of hydrogen-bond acceptors (Lipinski definition) is 5. The molecule has 2 amide bonds. The quantitative estimate of drug-likeness (QED) is 0.778. The van der Waals surface area contributed by atoms with Crippen LogP contribution in [-0.2, 0) is 16.1 Å². The van der Waals surface area contributed by atoms with E-state index in [9.17, 15) is 9.59 Å². The number of carboxylic acids is 1. The van der Waals surface area contributed by atoms with Crippen LogP contribution in [0.5, 0.6) is 0 Å². The minimum Gasteiger partial charge on any atom is -0.480 e. The number of aromatic nitrogens is 2.